The smallest absolute Gasteiger partial charge is 0.409 e. The molecule has 0 unspecified atom stereocenters. The van der Waals surface area contributed by atoms with Crippen LogP contribution in [-0.4, -0.2) is 54.7 Å². The predicted octanol–water partition coefficient (Wildman–Crippen LogP) is 2.72. The maximum Gasteiger partial charge on any atom is 0.409 e. The van der Waals surface area contributed by atoms with E-state index in [9.17, 15) is 19.2 Å². The van der Waals surface area contributed by atoms with Crippen molar-refractivity contribution >= 4 is 34.9 Å². The van der Waals surface area contributed by atoms with E-state index in [2.05, 4.69) is 10.1 Å². The number of nitrogens with one attached hydrogen (secondary N) is 1. The van der Waals surface area contributed by atoms with Crippen LogP contribution >= 0.6 is 11.3 Å². The monoisotopic (exact) mass is 394 g/mol. The maximum absolute atomic E-state index is 12.0. The molecule has 1 aliphatic heterocycles. The molecule has 0 bridgehead atoms. The van der Waals surface area contributed by atoms with Gasteiger partial charge < -0.3 is 15.0 Å². The molecular weight excluding hydrogens is 368 g/mol. The lowest BCUT2D eigenvalue weighted by Crippen LogP contribution is -2.46. The third kappa shape index (κ3) is 6.78. The Morgan fingerprint density at radius 1 is 1.11 bits per heavy atom. The zero-order valence-electron chi connectivity index (χ0n) is 15.8. The maximum atomic E-state index is 12.0. The number of ether oxygens (including phenoxy) is 1. The third-order valence-electron chi connectivity index (χ3n) is 4.57. The molecule has 2 rings (SSSR count). The van der Waals surface area contributed by atoms with Crippen molar-refractivity contribution in [2.24, 2.45) is 0 Å². The first-order valence-electron chi connectivity index (χ1n) is 9.12. The number of hydrogen-bond donors (Lipinski definition) is 1. The number of methoxy groups -OCH3 is 1. The second kappa shape index (κ2) is 10.2. The van der Waals surface area contributed by atoms with E-state index in [-0.39, 0.29) is 55.3 Å². The van der Waals surface area contributed by atoms with Gasteiger partial charge in [0.05, 0.1) is 12.0 Å². The van der Waals surface area contributed by atoms with Crippen molar-refractivity contribution in [1.82, 2.24) is 10.2 Å². The SMILES string of the molecule is COC(=O)N1CCC(NC(=O)CCC(=O)CCC(=O)c2ccc(C)s2)CC1. The Labute approximate surface area is 163 Å². The summed E-state index contributed by atoms with van der Waals surface area (Å²) in [6.45, 7) is 3.02. The molecule has 1 N–H and O–H groups in total. The number of carbonyl (C=O) groups excluding carboxylic acids is 4. The van der Waals surface area contributed by atoms with Crippen LogP contribution in [0.1, 0.15) is 53.1 Å². The lowest BCUT2D eigenvalue weighted by atomic mass is 10.0. The summed E-state index contributed by atoms with van der Waals surface area (Å²) in [5.41, 5.74) is 0. The van der Waals surface area contributed by atoms with Gasteiger partial charge in [0.25, 0.3) is 0 Å². The van der Waals surface area contributed by atoms with Gasteiger partial charge in [-0.2, -0.15) is 0 Å². The van der Waals surface area contributed by atoms with Gasteiger partial charge in [0.1, 0.15) is 5.78 Å². The number of likely N-dealkylation sites (tertiary alicyclic amines) is 1. The number of aryl methyl sites for hydroxylation is 1. The Morgan fingerprint density at radius 3 is 2.37 bits per heavy atom. The molecule has 1 aromatic heterocycles. The number of amides is 2. The molecule has 1 saturated heterocycles. The van der Waals surface area contributed by atoms with Crippen LogP contribution in [0.15, 0.2) is 12.1 Å². The number of carbonyl (C=O) groups is 4. The Morgan fingerprint density at radius 2 is 1.78 bits per heavy atom. The normalized spacial score (nSPS) is 14.7. The summed E-state index contributed by atoms with van der Waals surface area (Å²) in [5, 5.41) is 2.91. The molecular formula is C19H26N2O5S. The Balaban J connectivity index is 1.62. The zero-order valence-corrected chi connectivity index (χ0v) is 16.6. The number of hydrogen-bond acceptors (Lipinski definition) is 6. The molecule has 0 radical (unpaired) electrons. The number of ketones is 2. The molecule has 1 fully saturated rings. The fourth-order valence-corrected chi connectivity index (χ4v) is 3.81. The minimum absolute atomic E-state index is 0.0113. The van der Waals surface area contributed by atoms with Crippen molar-refractivity contribution in [3.8, 4) is 0 Å². The Bertz CT molecular complexity index is 692. The van der Waals surface area contributed by atoms with Crippen molar-refractivity contribution in [3.05, 3.63) is 21.9 Å². The van der Waals surface area contributed by atoms with Crippen LogP contribution in [0.4, 0.5) is 4.79 Å². The number of Topliss-reactive ketones (excluding diaryl/α,β-unsaturated/α-hetero) is 2. The highest BCUT2D eigenvalue weighted by molar-refractivity contribution is 7.14. The van der Waals surface area contributed by atoms with E-state index in [1.807, 2.05) is 13.0 Å². The predicted molar refractivity (Wildman–Crippen MR) is 102 cm³/mol. The number of nitrogens with zero attached hydrogens (tertiary/aromatic N) is 1. The van der Waals surface area contributed by atoms with Crippen LogP contribution in [0.3, 0.4) is 0 Å². The van der Waals surface area contributed by atoms with Gasteiger partial charge in [-0.25, -0.2) is 4.79 Å². The first-order chi connectivity index (χ1) is 12.9. The lowest BCUT2D eigenvalue weighted by Gasteiger charge is -2.31. The highest BCUT2D eigenvalue weighted by Crippen LogP contribution is 2.18. The minimum Gasteiger partial charge on any atom is -0.453 e. The van der Waals surface area contributed by atoms with E-state index in [1.54, 1.807) is 11.0 Å². The highest BCUT2D eigenvalue weighted by atomic mass is 32.1. The van der Waals surface area contributed by atoms with Gasteiger partial charge in [-0.05, 0) is 31.9 Å². The minimum atomic E-state index is -0.349. The average molecular weight is 394 g/mol. The van der Waals surface area contributed by atoms with Crippen molar-refractivity contribution in [2.45, 2.75) is 51.5 Å². The van der Waals surface area contributed by atoms with Gasteiger partial charge in [0.2, 0.25) is 5.91 Å². The summed E-state index contributed by atoms with van der Waals surface area (Å²) in [7, 11) is 1.35. The standard InChI is InChI=1S/C19H26N2O5S/c1-13-3-7-17(27-13)16(23)6-4-15(22)5-8-18(24)20-14-9-11-21(12-10-14)19(25)26-2/h3,7,14H,4-6,8-12H2,1-2H3,(H,20,24). The summed E-state index contributed by atoms with van der Waals surface area (Å²) in [5.74, 6) is -0.268. The van der Waals surface area contributed by atoms with Crippen LogP contribution in [-0.2, 0) is 14.3 Å². The quantitative estimate of drug-likeness (QED) is 0.685. The second-order valence-electron chi connectivity index (χ2n) is 6.67. The molecule has 0 saturated carbocycles. The van der Waals surface area contributed by atoms with E-state index in [1.165, 1.54) is 18.4 Å². The summed E-state index contributed by atoms with van der Waals surface area (Å²) >= 11 is 1.43. The Kier molecular flexibility index (Phi) is 7.97. The van der Waals surface area contributed by atoms with Crippen molar-refractivity contribution < 1.29 is 23.9 Å². The largest absolute Gasteiger partial charge is 0.453 e. The molecule has 27 heavy (non-hydrogen) atoms. The first kappa shape index (κ1) is 21.1. The molecule has 2 amide bonds. The molecule has 0 aromatic carbocycles. The van der Waals surface area contributed by atoms with Crippen LogP contribution in [0.2, 0.25) is 0 Å². The van der Waals surface area contributed by atoms with Gasteiger partial charge in [0.15, 0.2) is 5.78 Å². The molecule has 0 spiro atoms. The second-order valence-corrected chi connectivity index (χ2v) is 7.96. The van der Waals surface area contributed by atoms with E-state index in [0.717, 1.165) is 4.88 Å². The molecule has 148 valence electrons. The zero-order chi connectivity index (χ0) is 19.8. The topological polar surface area (TPSA) is 92.8 Å². The molecule has 1 aromatic rings. The number of rotatable bonds is 8. The van der Waals surface area contributed by atoms with E-state index >= 15 is 0 Å². The molecule has 0 atom stereocenters. The van der Waals surface area contributed by atoms with E-state index in [4.69, 9.17) is 0 Å². The van der Waals surface area contributed by atoms with Gasteiger partial charge in [-0.15, -0.1) is 11.3 Å². The number of thiophene rings is 1. The molecule has 7 nitrogen and oxygen atoms in total. The fourth-order valence-electron chi connectivity index (χ4n) is 2.97. The van der Waals surface area contributed by atoms with Crippen molar-refractivity contribution in [2.75, 3.05) is 20.2 Å². The van der Waals surface area contributed by atoms with Gasteiger partial charge >= 0.3 is 6.09 Å². The molecule has 0 aliphatic carbocycles. The van der Waals surface area contributed by atoms with Crippen LogP contribution in [0, 0.1) is 6.92 Å². The van der Waals surface area contributed by atoms with Crippen LogP contribution in [0.25, 0.3) is 0 Å². The fraction of sp³-hybridized carbons (Fsp3) is 0.579. The summed E-state index contributed by atoms with van der Waals surface area (Å²) < 4.78 is 4.68. The molecule has 1 aliphatic rings. The van der Waals surface area contributed by atoms with Gasteiger partial charge in [-0.1, -0.05) is 0 Å². The number of piperidine rings is 1. The van der Waals surface area contributed by atoms with Crippen LogP contribution in [0.5, 0.6) is 0 Å². The third-order valence-corrected chi connectivity index (χ3v) is 5.61. The summed E-state index contributed by atoms with van der Waals surface area (Å²) in [6.07, 6.45) is 1.61. The highest BCUT2D eigenvalue weighted by Gasteiger charge is 2.24. The summed E-state index contributed by atoms with van der Waals surface area (Å²) in [6, 6.07) is 3.68. The summed E-state index contributed by atoms with van der Waals surface area (Å²) in [4.78, 5) is 50.7. The van der Waals surface area contributed by atoms with Crippen molar-refractivity contribution in [3.63, 3.8) is 0 Å². The first-order valence-corrected chi connectivity index (χ1v) is 9.94. The average Bonchev–Trinajstić information content (AvgIpc) is 3.11. The molecule has 2 heterocycles. The van der Waals surface area contributed by atoms with E-state index < -0.39 is 0 Å². The molecule has 8 heteroatoms. The van der Waals surface area contributed by atoms with E-state index in [0.29, 0.717) is 30.8 Å². The van der Waals surface area contributed by atoms with Crippen molar-refractivity contribution in [1.29, 1.82) is 0 Å². The Hall–Kier alpha value is -2.22. The van der Waals surface area contributed by atoms with Crippen LogP contribution < -0.4 is 5.32 Å². The van der Waals surface area contributed by atoms with Gasteiger partial charge in [0, 0.05) is 49.7 Å². The lowest BCUT2D eigenvalue weighted by molar-refractivity contribution is -0.126. The van der Waals surface area contributed by atoms with Gasteiger partial charge in [-0.3, -0.25) is 14.4 Å².